The Hall–Kier alpha value is -2.17. The van der Waals surface area contributed by atoms with E-state index in [0.717, 1.165) is 5.56 Å². The van der Waals surface area contributed by atoms with Gasteiger partial charge in [0.25, 0.3) is 0 Å². The van der Waals surface area contributed by atoms with Gasteiger partial charge < -0.3 is 19.3 Å². The molecule has 0 aliphatic rings. The molecule has 0 aliphatic heterocycles. The van der Waals surface area contributed by atoms with E-state index in [0.29, 0.717) is 23.7 Å². The van der Waals surface area contributed by atoms with E-state index in [1.807, 2.05) is 12.1 Å². The Morgan fingerprint density at radius 3 is 2.37 bits per heavy atom. The number of ether oxygens (including phenoxy) is 3. The van der Waals surface area contributed by atoms with Crippen LogP contribution in [0.15, 0.2) is 18.2 Å². The summed E-state index contributed by atoms with van der Waals surface area (Å²) in [6, 6.07) is 3.61. The molecule has 0 fully saturated rings. The monoisotopic (exact) mass is 266 g/mol. The van der Waals surface area contributed by atoms with Gasteiger partial charge in [-0.25, -0.2) is 0 Å². The lowest BCUT2D eigenvalue weighted by molar-refractivity contribution is -0.136. The van der Waals surface area contributed by atoms with Crippen LogP contribution < -0.4 is 14.2 Å². The molecule has 0 unspecified atom stereocenters. The number of allylic oxidation sites excluding steroid dienone is 1. The second-order valence-corrected chi connectivity index (χ2v) is 3.76. The van der Waals surface area contributed by atoms with Gasteiger partial charge in [-0.3, -0.25) is 4.79 Å². The van der Waals surface area contributed by atoms with Crippen molar-refractivity contribution >= 4 is 12.0 Å². The third-order valence-electron chi connectivity index (χ3n) is 2.56. The van der Waals surface area contributed by atoms with E-state index in [9.17, 15) is 4.79 Å². The van der Waals surface area contributed by atoms with Gasteiger partial charge in [0.1, 0.15) is 0 Å². The highest BCUT2D eigenvalue weighted by molar-refractivity contribution is 5.68. The fraction of sp³-hybridized carbons (Fsp3) is 0.357. The summed E-state index contributed by atoms with van der Waals surface area (Å²) in [5, 5.41) is 8.57. The summed E-state index contributed by atoms with van der Waals surface area (Å²) in [4.78, 5) is 10.4. The molecule has 0 atom stereocenters. The third-order valence-corrected chi connectivity index (χ3v) is 2.56. The summed E-state index contributed by atoms with van der Waals surface area (Å²) >= 11 is 0. The molecule has 1 aromatic carbocycles. The van der Waals surface area contributed by atoms with Crippen LogP contribution in [0.3, 0.4) is 0 Å². The molecule has 19 heavy (non-hydrogen) atoms. The van der Waals surface area contributed by atoms with Crippen molar-refractivity contribution in [2.75, 3.05) is 21.3 Å². The van der Waals surface area contributed by atoms with Gasteiger partial charge in [-0.15, -0.1) is 0 Å². The Balaban J connectivity index is 2.98. The zero-order valence-electron chi connectivity index (χ0n) is 11.3. The molecule has 5 nitrogen and oxygen atoms in total. The zero-order chi connectivity index (χ0) is 14.3. The molecular formula is C14H18O5. The maximum atomic E-state index is 10.4. The van der Waals surface area contributed by atoms with Crippen LogP contribution >= 0.6 is 0 Å². The minimum atomic E-state index is -0.816. The van der Waals surface area contributed by atoms with Crippen LogP contribution in [0.25, 0.3) is 6.08 Å². The Labute approximate surface area is 112 Å². The quantitative estimate of drug-likeness (QED) is 0.821. The number of aliphatic carboxylic acids is 1. The molecular weight excluding hydrogens is 248 g/mol. The number of rotatable bonds is 7. The van der Waals surface area contributed by atoms with Crippen molar-refractivity contribution < 1.29 is 24.1 Å². The Kier molecular flexibility index (Phi) is 5.73. The normalized spacial score (nSPS) is 10.5. The SMILES string of the molecule is COc1ccc(C=CCCC(=O)O)c(OC)c1OC. The first-order chi connectivity index (χ1) is 9.13. The Morgan fingerprint density at radius 2 is 1.84 bits per heavy atom. The van der Waals surface area contributed by atoms with E-state index in [1.54, 1.807) is 26.4 Å². The molecule has 0 amide bonds. The highest BCUT2D eigenvalue weighted by Crippen LogP contribution is 2.40. The minimum Gasteiger partial charge on any atom is -0.493 e. The lowest BCUT2D eigenvalue weighted by Crippen LogP contribution is -1.96. The van der Waals surface area contributed by atoms with E-state index >= 15 is 0 Å². The van der Waals surface area contributed by atoms with Crippen LogP contribution in [0.2, 0.25) is 0 Å². The van der Waals surface area contributed by atoms with Crippen LogP contribution in [0.4, 0.5) is 0 Å². The van der Waals surface area contributed by atoms with E-state index in [4.69, 9.17) is 19.3 Å². The van der Waals surface area contributed by atoms with Crippen molar-refractivity contribution in [2.24, 2.45) is 0 Å². The van der Waals surface area contributed by atoms with Gasteiger partial charge in [0, 0.05) is 12.0 Å². The molecule has 0 spiro atoms. The second kappa shape index (κ2) is 7.31. The molecule has 0 saturated heterocycles. The average molecular weight is 266 g/mol. The number of hydrogen-bond acceptors (Lipinski definition) is 4. The van der Waals surface area contributed by atoms with E-state index in [-0.39, 0.29) is 6.42 Å². The highest BCUT2D eigenvalue weighted by Gasteiger charge is 2.13. The van der Waals surface area contributed by atoms with Gasteiger partial charge in [-0.05, 0) is 18.6 Å². The van der Waals surface area contributed by atoms with Crippen molar-refractivity contribution in [2.45, 2.75) is 12.8 Å². The van der Waals surface area contributed by atoms with Crippen LogP contribution in [0.5, 0.6) is 17.2 Å². The lowest BCUT2D eigenvalue weighted by atomic mass is 10.1. The number of benzene rings is 1. The predicted octanol–water partition coefficient (Wildman–Crippen LogP) is 2.59. The average Bonchev–Trinajstić information content (AvgIpc) is 2.42. The number of carboxylic acid groups (broad SMARTS) is 1. The summed E-state index contributed by atoms with van der Waals surface area (Å²) in [6.07, 6.45) is 4.17. The van der Waals surface area contributed by atoms with Gasteiger partial charge in [-0.1, -0.05) is 12.2 Å². The molecule has 1 aromatic rings. The first-order valence-corrected chi connectivity index (χ1v) is 5.81. The molecule has 5 heteroatoms. The molecule has 0 bridgehead atoms. The molecule has 0 radical (unpaired) electrons. The fourth-order valence-corrected chi connectivity index (χ4v) is 1.67. The molecule has 0 saturated carbocycles. The standard InChI is InChI=1S/C14H18O5/c1-17-11-9-8-10(6-4-5-7-12(15)16)13(18-2)14(11)19-3/h4,6,8-9H,5,7H2,1-3H3,(H,15,16). The van der Waals surface area contributed by atoms with Gasteiger partial charge in [0.05, 0.1) is 21.3 Å². The predicted molar refractivity (Wildman–Crippen MR) is 72.0 cm³/mol. The van der Waals surface area contributed by atoms with Crippen LogP contribution in [0.1, 0.15) is 18.4 Å². The van der Waals surface area contributed by atoms with Crippen molar-refractivity contribution in [1.82, 2.24) is 0 Å². The number of methoxy groups -OCH3 is 3. The summed E-state index contributed by atoms with van der Waals surface area (Å²) in [5.41, 5.74) is 0.811. The summed E-state index contributed by atoms with van der Waals surface area (Å²) in [5.74, 6) is 0.852. The topological polar surface area (TPSA) is 65.0 Å². The van der Waals surface area contributed by atoms with Crippen LogP contribution in [0, 0.1) is 0 Å². The Bertz CT molecular complexity index is 465. The molecule has 0 aliphatic carbocycles. The smallest absolute Gasteiger partial charge is 0.303 e. The third kappa shape index (κ3) is 3.91. The maximum Gasteiger partial charge on any atom is 0.303 e. The summed E-state index contributed by atoms with van der Waals surface area (Å²) in [6.45, 7) is 0. The summed E-state index contributed by atoms with van der Waals surface area (Å²) in [7, 11) is 4.64. The van der Waals surface area contributed by atoms with Crippen molar-refractivity contribution in [3.8, 4) is 17.2 Å². The van der Waals surface area contributed by atoms with E-state index < -0.39 is 5.97 Å². The number of hydrogen-bond donors (Lipinski definition) is 1. The van der Waals surface area contributed by atoms with Crippen LogP contribution in [-0.4, -0.2) is 32.4 Å². The van der Waals surface area contributed by atoms with Gasteiger partial charge >= 0.3 is 5.97 Å². The van der Waals surface area contributed by atoms with Crippen molar-refractivity contribution in [1.29, 1.82) is 0 Å². The first-order valence-electron chi connectivity index (χ1n) is 5.81. The number of carboxylic acids is 1. The van der Waals surface area contributed by atoms with Crippen molar-refractivity contribution in [3.05, 3.63) is 23.8 Å². The summed E-state index contributed by atoms with van der Waals surface area (Å²) < 4.78 is 15.8. The van der Waals surface area contributed by atoms with Gasteiger partial charge in [0.15, 0.2) is 11.5 Å². The molecule has 0 heterocycles. The van der Waals surface area contributed by atoms with Crippen molar-refractivity contribution in [3.63, 3.8) is 0 Å². The van der Waals surface area contributed by atoms with E-state index in [2.05, 4.69) is 0 Å². The molecule has 0 aromatic heterocycles. The largest absolute Gasteiger partial charge is 0.493 e. The van der Waals surface area contributed by atoms with Gasteiger partial charge in [-0.2, -0.15) is 0 Å². The molecule has 1 rings (SSSR count). The van der Waals surface area contributed by atoms with E-state index in [1.165, 1.54) is 7.11 Å². The highest BCUT2D eigenvalue weighted by atomic mass is 16.5. The maximum absolute atomic E-state index is 10.4. The molecule has 1 N–H and O–H groups in total. The Morgan fingerprint density at radius 1 is 1.16 bits per heavy atom. The number of carbonyl (C=O) groups is 1. The molecule has 104 valence electrons. The fourth-order valence-electron chi connectivity index (χ4n) is 1.67. The van der Waals surface area contributed by atoms with Crippen LogP contribution in [-0.2, 0) is 4.79 Å². The second-order valence-electron chi connectivity index (χ2n) is 3.76. The minimum absolute atomic E-state index is 0.103. The van der Waals surface area contributed by atoms with Gasteiger partial charge in [0.2, 0.25) is 5.75 Å². The lowest BCUT2D eigenvalue weighted by Gasteiger charge is -2.13. The zero-order valence-corrected chi connectivity index (χ0v) is 11.3. The first kappa shape index (κ1) is 14.9.